The quantitative estimate of drug-likeness (QED) is 0.562. The number of primary amides is 1. The van der Waals surface area contributed by atoms with Gasteiger partial charge < -0.3 is 25.3 Å². The van der Waals surface area contributed by atoms with Crippen LogP contribution < -0.4 is 15.8 Å². The number of rotatable bonds is 10. The molecule has 0 radical (unpaired) electrons. The van der Waals surface area contributed by atoms with E-state index in [4.69, 9.17) is 15.2 Å². The lowest BCUT2D eigenvalue weighted by molar-refractivity contribution is -0.152. The van der Waals surface area contributed by atoms with Crippen LogP contribution in [0.4, 0.5) is 0 Å². The molecule has 0 bridgehead atoms. The molecule has 1 aromatic rings. The molecular formula is C18H24N2O7. The molecule has 148 valence electrons. The van der Waals surface area contributed by atoms with E-state index in [1.807, 2.05) is 6.92 Å². The highest BCUT2D eigenvalue weighted by Gasteiger charge is 2.27. The van der Waals surface area contributed by atoms with Gasteiger partial charge >= 0.3 is 11.9 Å². The first-order chi connectivity index (χ1) is 12.8. The minimum absolute atomic E-state index is 0.123. The van der Waals surface area contributed by atoms with E-state index < -0.39 is 43.0 Å². The number of nitrogens with one attached hydrogen (secondary N) is 1. The molecule has 27 heavy (non-hydrogen) atoms. The number of ether oxygens (including phenoxy) is 3. The van der Waals surface area contributed by atoms with Gasteiger partial charge in [-0.15, -0.1) is 0 Å². The summed E-state index contributed by atoms with van der Waals surface area (Å²) < 4.78 is 14.7. The Morgan fingerprint density at radius 3 is 2.41 bits per heavy atom. The second kappa shape index (κ2) is 10.8. The molecule has 2 atom stereocenters. The Hall–Kier alpha value is -3.10. The minimum Gasteiger partial charge on any atom is -0.481 e. The molecule has 0 saturated carbocycles. The molecular weight excluding hydrogens is 356 g/mol. The van der Waals surface area contributed by atoms with Crippen molar-refractivity contribution in [2.75, 3.05) is 20.3 Å². The third kappa shape index (κ3) is 6.96. The average molecular weight is 380 g/mol. The predicted octanol–water partition coefficient (Wildman–Crippen LogP) is 0.411. The van der Waals surface area contributed by atoms with Gasteiger partial charge in [-0.3, -0.25) is 9.59 Å². The summed E-state index contributed by atoms with van der Waals surface area (Å²) in [5.41, 5.74) is 5.33. The molecule has 1 rings (SSSR count). The molecule has 0 aliphatic heterocycles. The van der Waals surface area contributed by atoms with Crippen LogP contribution >= 0.6 is 0 Å². The summed E-state index contributed by atoms with van der Waals surface area (Å²) in [7, 11) is 1.23. The largest absolute Gasteiger partial charge is 0.481 e. The van der Waals surface area contributed by atoms with Gasteiger partial charge in [0.2, 0.25) is 0 Å². The summed E-state index contributed by atoms with van der Waals surface area (Å²) in [6.45, 7) is 2.57. The number of carbonyl (C=O) groups excluding carboxylic acids is 4. The topological polar surface area (TPSA) is 134 Å². The molecule has 2 amide bonds. The van der Waals surface area contributed by atoms with E-state index in [9.17, 15) is 19.2 Å². The van der Waals surface area contributed by atoms with Crippen molar-refractivity contribution in [3.05, 3.63) is 29.8 Å². The maximum atomic E-state index is 11.9. The van der Waals surface area contributed by atoms with E-state index in [0.717, 1.165) is 0 Å². The maximum Gasteiger partial charge on any atom is 0.344 e. The molecule has 0 fully saturated rings. The second-order valence-corrected chi connectivity index (χ2v) is 5.76. The summed E-state index contributed by atoms with van der Waals surface area (Å²) in [6, 6.07) is 5.32. The summed E-state index contributed by atoms with van der Waals surface area (Å²) in [5, 5.41) is 2.48. The van der Waals surface area contributed by atoms with E-state index in [0.29, 0.717) is 6.42 Å². The highest BCUT2D eigenvalue weighted by molar-refractivity contribution is 5.95. The van der Waals surface area contributed by atoms with Crippen LogP contribution in [0.5, 0.6) is 5.75 Å². The summed E-state index contributed by atoms with van der Waals surface area (Å²) in [5.74, 6) is -2.74. The number of hydrogen-bond donors (Lipinski definition) is 2. The Labute approximate surface area is 157 Å². The van der Waals surface area contributed by atoms with Gasteiger partial charge in [0.05, 0.1) is 12.7 Å². The zero-order chi connectivity index (χ0) is 20.4. The first-order valence-electron chi connectivity index (χ1n) is 8.34. The summed E-state index contributed by atoms with van der Waals surface area (Å²) in [6.07, 6.45) is 0.646. The molecule has 0 aromatic heterocycles. The van der Waals surface area contributed by atoms with E-state index in [1.165, 1.54) is 19.2 Å². The van der Waals surface area contributed by atoms with Gasteiger partial charge in [-0.1, -0.05) is 32.4 Å². The van der Waals surface area contributed by atoms with E-state index in [2.05, 4.69) is 10.1 Å². The molecule has 9 heteroatoms. The highest BCUT2D eigenvalue weighted by atomic mass is 16.6. The lowest BCUT2D eigenvalue weighted by Gasteiger charge is -2.21. The Kier molecular flexibility index (Phi) is 8.77. The van der Waals surface area contributed by atoms with Crippen molar-refractivity contribution in [3.63, 3.8) is 0 Å². The predicted molar refractivity (Wildman–Crippen MR) is 94.8 cm³/mol. The Morgan fingerprint density at radius 1 is 1.15 bits per heavy atom. The van der Waals surface area contributed by atoms with Crippen LogP contribution in [-0.4, -0.2) is 50.1 Å². The number of benzene rings is 1. The molecule has 0 unspecified atom stereocenters. The van der Waals surface area contributed by atoms with E-state index in [1.54, 1.807) is 19.1 Å². The number of methoxy groups -OCH3 is 1. The first-order valence-corrected chi connectivity index (χ1v) is 8.34. The first kappa shape index (κ1) is 21.9. The minimum atomic E-state index is -0.829. The Balaban J connectivity index is 2.51. The van der Waals surface area contributed by atoms with Crippen molar-refractivity contribution in [2.45, 2.75) is 26.3 Å². The molecule has 0 aliphatic rings. The number of hydrogen-bond acceptors (Lipinski definition) is 7. The third-order valence-corrected chi connectivity index (χ3v) is 3.85. The van der Waals surface area contributed by atoms with Gasteiger partial charge in [-0.05, 0) is 18.1 Å². The van der Waals surface area contributed by atoms with Gasteiger partial charge in [0.1, 0.15) is 11.8 Å². The number of nitrogens with two attached hydrogens (primary N) is 1. The lowest BCUT2D eigenvalue weighted by Crippen LogP contribution is -2.47. The molecule has 9 nitrogen and oxygen atoms in total. The van der Waals surface area contributed by atoms with Crippen molar-refractivity contribution >= 4 is 23.8 Å². The summed E-state index contributed by atoms with van der Waals surface area (Å²) in [4.78, 5) is 46.7. The second-order valence-electron chi connectivity index (χ2n) is 5.76. The van der Waals surface area contributed by atoms with Gasteiger partial charge in [-0.25, -0.2) is 9.59 Å². The van der Waals surface area contributed by atoms with Crippen LogP contribution in [0, 0.1) is 5.92 Å². The number of carbonyl (C=O) groups is 4. The van der Waals surface area contributed by atoms with Crippen LogP contribution in [-0.2, 0) is 23.9 Å². The molecule has 0 saturated heterocycles. The van der Waals surface area contributed by atoms with Gasteiger partial charge in [-0.2, -0.15) is 0 Å². The van der Waals surface area contributed by atoms with Crippen molar-refractivity contribution in [1.82, 2.24) is 5.32 Å². The van der Waals surface area contributed by atoms with Crippen molar-refractivity contribution in [2.24, 2.45) is 11.7 Å². The smallest absolute Gasteiger partial charge is 0.344 e. The Morgan fingerprint density at radius 2 is 1.81 bits per heavy atom. The van der Waals surface area contributed by atoms with Crippen LogP contribution in [0.1, 0.15) is 30.6 Å². The molecule has 3 N–H and O–H groups in total. The van der Waals surface area contributed by atoms with Crippen LogP contribution in [0.3, 0.4) is 0 Å². The van der Waals surface area contributed by atoms with Crippen LogP contribution in [0.2, 0.25) is 0 Å². The SMILES string of the molecule is CC[C@@H](C)[C@@H](NC(=O)COC(=O)COc1ccccc1C(N)=O)C(=O)OC. The normalized spacial score (nSPS) is 12.4. The fourth-order valence-corrected chi connectivity index (χ4v) is 2.13. The molecule has 0 aliphatic carbocycles. The molecule has 0 heterocycles. The molecule has 1 aromatic carbocycles. The fourth-order valence-electron chi connectivity index (χ4n) is 2.13. The molecule has 0 spiro atoms. The van der Waals surface area contributed by atoms with Gasteiger partial charge in [0, 0.05) is 0 Å². The lowest BCUT2D eigenvalue weighted by atomic mass is 9.99. The fraction of sp³-hybridized carbons (Fsp3) is 0.444. The van der Waals surface area contributed by atoms with Gasteiger partial charge in [0.15, 0.2) is 13.2 Å². The van der Waals surface area contributed by atoms with Crippen molar-refractivity contribution in [1.29, 1.82) is 0 Å². The standard InChI is InChI=1S/C18H24N2O7/c1-4-11(2)16(18(24)25-3)20-14(21)9-27-15(22)10-26-13-8-6-5-7-12(13)17(19)23/h5-8,11,16H,4,9-10H2,1-3H3,(H2,19,23)(H,20,21)/t11-,16-/m1/s1. The zero-order valence-electron chi connectivity index (χ0n) is 15.5. The maximum absolute atomic E-state index is 11.9. The van der Waals surface area contributed by atoms with Crippen molar-refractivity contribution in [3.8, 4) is 5.75 Å². The van der Waals surface area contributed by atoms with Crippen LogP contribution in [0.25, 0.3) is 0 Å². The highest BCUT2D eigenvalue weighted by Crippen LogP contribution is 2.17. The van der Waals surface area contributed by atoms with E-state index >= 15 is 0 Å². The third-order valence-electron chi connectivity index (χ3n) is 3.85. The summed E-state index contributed by atoms with van der Waals surface area (Å²) >= 11 is 0. The van der Waals surface area contributed by atoms with Gasteiger partial charge in [0.25, 0.3) is 11.8 Å². The van der Waals surface area contributed by atoms with Crippen LogP contribution in [0.15, 0.2) is 24.3 Å². The number of para-hydroxylation sites is 1. The number of amides is 2. The Bertz CT molecular complexity index is 690. The van der Waals surface area contributed by atoms with E-state index in [-0.39, 0.29) is 17.2 Å². The average Bonchev–Trinajstić information content (AvgIpc) is 2.67. The van der Waals surface area contributed by atoms with Crippen molar-refractivity contribution < 1.29 is 33.4 Å². The zero-order valence-corrected chi connectivity index (χ0v) is 15.5. The number of esters is 2. The monoisotopic (exact) mass is 380 g/mol.